The van der Waals surface area contributed by atoms with Gasteiger partial charge in [0.05, 0.1) is 11.9 Å². The Morgan fingerprint density at radius 3 is 2.61 bits per heavy atom. The molecule has 3 heterocycles. The minimum atomic E-state index is -0.00652. The van der Waals surface area contributed by atoms with Crippen LogP contribution in [0.2, 0.25) is 0 Å². The van der Waals surface area contributed by atoms with Crippen molar-refractivity contribution in [3.63, 3.8) is 0 Å². The zero-order valence-electron chi connectivity index (χ0n) is 17.5. The molecule has 1 aliphatic heterocycles. The fourth-order valence-electron chi connectivity index (χ4n) is 3.75. The van der Waals surface area contributed by atoms with Gasteiger partial charge in [-0.25, -0.2) is 14.6 Å². The lowest BCUT2D eigenvalue weighted by Gasteiger charge is -2.29. The average molecular weight is 376 g/mol. The maximum Gasteiger partial charge on any atom is 0.133 e. The lowest BCUT2D eigenvalue weighted by Crippen LogP contribution is -2.32. The van der Waals surface area contributed by atoms with Gasteiger partial charge in [-0.2, -0.15) is 5.10 Å². The highest BCUT2D eigenvalue weighted by Gasteiger charge is 2.23. The summed E-state index contributed by atoms with van der Waals surface area (Å²) in [6, 6.07) is 8.39. The predicted molar refractivity (Wildman–Crippen MR) is 112 cm³/mol. The van der Waals surface area contributed by atoms with Crippen LogP contribution < -0.4 is 0 Å². The van der Waals surface area contributed by atoms with Crippen LogP contribution in [-0.4, -0.2) is 31.2 Å². The molecule has 0 aliphatic carbocycles. The smallest absolute Gasteiger partial charge is 0.133 e. The van der Waals surface area contributed by atoms with Crippen LogP contribution in [0.3, 0.4) is 0 Å². The molecule has 1 aliphatic rings. The van der Waals surface area contributed by atoms with E-state index in [0.29, 0.717) is 0 Å². The zero-order chi connectivity index (χ0) is 19.9. The Labute approximate surface area is 167 Å². The Hall–Kier alpha value is -2.53. The first-order chi connectivity index (χ1) is 13.3. The Kier molecular flexibility index (Phi) is 4.79. The third kappa shape index (κ3) is 3.59. The molecule has 0 saturated carbocycles. The number of benzene rings is 1. The number of hydrogen-bond acceptors (Lipinski definition) is 4. The van der Waals surface area contributed by atoms with Crippen molar-refractivity contribution in [3.8, 4) is 5.69 Å². The van der Waals surface area contributed by atoms with Gasteiger partial charge in [0, 0.05) is 60.2 Å². The summed E-state index contributed by atoms with van der Waals surface area (Å²) in [6.07, 6.45) is 5.01. The van der Waals surface area contributed by atoms with Crippen molar-refractivity contribution >= 4 is 0 Å². The highest BCUT2D eigenvalue weighted by atomic mass is 15.3. The lowest BCUT2D eigenvalue weighted by atomic mass is 9.95. The molecule has 0 saturated heterocycles. The molecule has 0 atom stereocenters. The van der Waals surface area contributed by atoms with Crippen molar-refractivity contribution in [2.75, 3.05) is 6.54 Å². The Bertz CT molecular complexity index is 996. The Morgan fingerprint density at radius 2 is 1.86 bits per heavy atom. The number of aromatic nitrogens is 4. The highest BCUT2D eigenvalue weighted by Crippen LogP contribution is 2.24. The van der Waals surface area contributed by atoms with E-state index in [2.05, 4.69) is 78.5 Å². The van der Waals surface area contributed by atoms with Crippen LogP contribution in [-0.2, 0) is 24.9 Å². The predicted octanol–water partition coefficient (Wildman–Crippen LogP) is 4.13. The minimum absolute atomic E-state index is 0.00652. The largest absolute Gasteiger partial charge is 0.294 e. The highest BCUT2D eigenvalue weighted by molar-refractivity contribution is 5.41. The van der Waals surface area contributed by atoms with Crippen LogP contribution in [0.15, 0.2) is 36.7 Å². The summed E-state index contributed by atoms with van der Waals surface area (Å²) in [7, 11) is 0. The summed E-state index contributed by atoms with van der Waals surface area (Å²) in [5, 5.41) is 4.66. The van der Waals surface area contributed by atoms with E-state index in [4.69, 9.17) is 4.98 Å². The molecule has 2 aromatic heterocycles. The number of nitrogens with zero attached hydrogens (tertiary/aromatic N) is 5. The fraction of sp³-hybridized carbons (Fsp3) is 0.435. The maximum absolute atomic E-state index is 4.84. The Balaban J connectivity index is 1.52. The summed E-state index contributed by atoms with van der Waals surface area (Å²) >= 11 is 0. The zero-order valence-corrected chi connectivity index (χ0v) is 17.5. The van der Waals surface area contributed by atoms with Crippen molar-refractivity contribution in [1.82, 2.24) is 24.6 Å². The second kappa shape index (κ2) is 7.13. The van der Waals surface area contributed by atoms with E-state index >= 15 is 0 Å². The molecule has 0 bridgehead atoms. The van der Waals surface area contributed by atoms with Gasteiger partial charge in [-0.05, 0) is 25.5 Å². The number of para-hydroxylation sites is 1. The van der Waals surface area contributed by atoms with Gasteiger partial charge in [0.15, 0.2) is 0 Å². The number of rotatable bonds is 3. The van der Waals surface area contributed by atoms with Gasteiger partial charge in [-0.1, -0.05) is 39.0 Å². The van der Waals surface area contributed by atoms with Crippen LogP contribution in [0.5, 0.6) is 0 Å². The topological polar surface area (TPSA) is 46.8 Å². The van der Waals surface area contributed by atoms with E-state index in [9.17, 15) is 0 Å². The van der Waals surface area contributed by atoms with Crippen LogP contribution in [0, 0.1) is 13.8 Å². The molecule has 1 aromatic carbocycles. The van der Waals surface area contributed by atoms with Crippen LogP contribution in [0.4, 0.5) is 0 Å². The fourth-order valence-corrected chi connectivity index (χ4v) is 3.75. The van der Waals surface area contributed by atoms with E-state index in [1.807, 2.05) is 12.4 Å². The first-order valence-corrected chi connectivity index (χ1v) is 10.00. The van der Waals surface area contributed by atoms with Gasteiger partial charge in [0.1, 0.15) is 5.82 Å². The lowest BCUT2D eigenvalue weighted by molar-refractivity contribution is 0.241. The van der Waals surface area contributed by atoms with E-state index in [-0.39, 0.29) is 5.41 Å². The monoisotopic (exact) mass is 375 g/mol. The normalized spacial score (nSPS) is 14.9. The average Bonchev–Trinajstić information content (AvgIpc) is 3.01. The molecule has 0 amide bonds. The van der Waals surface area contributed by atoms with E-state index < -0.39 is 0 Å². The minimum Gasteiger partial charge on any atom is -0.294 e. The molecule has 4 rings (SSSR count). The molecular weight excluding hydrogens is 346 g/mol. The third-order valence-corrected chi connectivity index (χ3v) is 5.53. The molecule has 5 heteroatoms. The third-order valence-electron chi connectivity index (χ3n) is 5.53. The first kappa shape index (κ1) is 18.8. The van der Waals surface area contributed by atoms with Crippen molar-refractivity contribution in [2.45, 2.75) is 59.5 Å². The van der Waals surface area contributed by atoms with Gasteiger partial charge < -0.3 is 0 Å². The summed E-state index contributed by atoms with van der Waals surface area (Å²) in [4.78, 5) is 11.9. The summed E-state index contributed by atoms with van der Waals surface area (Å²) in [6.45, 7) is 13.6. The molecular formula is C23H29N5. The van der Waals surface area contributed by atoms with E-state index in [0.717, 1.165) is 37.6 Å². The number of aryl methyl sites for hydroxylation is 1. The summed E-state index contributed by atoms with van der Waals surface area (Å²) < 4.78 is 2.06. The molecule has 5 nitrogen and oxygen atoms in total. The van der Waals surface area contributed by atoms with Crippen LogP contribution in [0.1, 0.15) is 54.7 Å². The number of hydrogen-bond donors (Lipinski definition) is 0. The van der Waals surface area contributed by atoms with Crippen molar-refractivity contribution in [2.24, 2.45) is 0 Å². The summed E-state index contributed by atoms with van der Waals surface area (Å²) in [5.41, 5.74) is 7.33. The van der Waals surface area contributed by atoms with Crippen molar-refractivity contribution < 1.29 is 0 Å². The summed E-state index contributed by atoms with van der Waals surface area (Å²) in [5.74, 6) is 0.940. The van der Waals surface area contributed by atoms with Gasteiger partial charge in [-0.3, -0.25) is 4.90 Å². The standard InChI is InChI=1S/C23H29N5/c1-16-8-6-7-9-21(16)28-17(2)18(13-25-28)14-27-11-10-20-19(15-27)12-24-22(26-20)23(3,4)5/h6-9,12-13H,10-11,14-15H2,1-5H3. The SMILES string of the molecule is Cc1ccccc1-n1ncc(CN2CCc3nc(C(C)(C)C)ncc3C2)c1C. The number of fused-ring (bicyclic) bond motifs is 1. The van der Waals surface area contributed by atoms with Crippen molar-refractivity contribution in [3.05, 3.63) is 70.6 Å². The van der Waals surface area contributed by atoms with E-state index in [1.165, 1.54) is 28.1 Å². The molecule has 0 spiro atoms. The van der Waals surface area contributed by atoms with Gasteiger partial charge >= 0.3 is 0 Å². The van der Waals surface area contributed by atoms with Crippen LogP contribution in [0.25, 0.3) is 5.69 Å². The molecule has 28 heavy (non-hydrogen) atoms. The molecule has 0 radical (unpaired) electrons. The molecule has 3 aromatic rings. The van der Waals surface area contributed by atoms with Gasteiger partial charge in [0.2, 0.25) is 0 Å². The quantitative estimate of drug-likeness (QED) is 0.690. The van der Waals surface area contributed by atoms with Crippen molar-refractivity contribution in [1.29, 1.82) is 0 Å². The molecule has 146 valence electrons. The second-order valence-corrected chi connectivity index (χ2v) is 8.83. The van der Waals surface area contributed by atoms with Gasteiger partial charge in [-0.15, -0.1) is 0 Å². The van der Waals surface area contributed by atoms with Crippen LogP contribution >= 0.6 is 0 Å². The maximum atomic E-state index is 4.84. The first-order valence-electron chi connectivity index (χ1n) is 10.00. The molecule has 0 fully saturated rings. The Morgan fingerprint density at radius 1 is 1.07 bits per heavy atom. The second-order valence-electron chi connectivity index (χ2n) is 8.83. The molecule has 0 N–H and O–H groups in total. The molecule has 0 unspecified atom stereocenters. The van der Waals surface area contributed by atoms with Gasteiger partial charge in [0.25, 0.3) is 0 Å². The van der Waals surface area contributed by atoms with E-state index in [1.54, 1.807) is 0 Å².